The smallest absolute Gasteiger partial charge is 0.254 e. The molecule has 0 radical (unpaired) electrons. The van der Waals surface area contributed by atoms with Gasteiger partial charge in [-0.2, -0.15) is 0 Å². The first-order valence-corrected chi connectivity index (χ1v) is 6.63. The van der Waals surface area contributed by atoms with Crippen LogP contribution in [0.4, 0.5) is 0 Å². The summed E-state index contributed by atoms with van der Waals surface area (Å²) in [5.74, 6) is 1.22. The Morgan fingerprint density at radius 2 is 1.94 bits per heavy atom. The zero-order valence-corrected chi connectivity index (χ0v) is 10.8. The fraction of sp³-hybridized carbons (Fsp3) is 0.462. The van der Waals surface area contributed by atoms with Gasteiger partial charge in [0.05, 0.1) is 5.37 Å². The molecule has 0 aromatic heterocycles. The Labute approximate surface area is 101 Å². The van der Waals surface area contributed by atoms with Gasteiger partial charge in [-0.25, -0.2) is 0 Å². The molecule has 0 saturated carbocycles. The quantitative estimate of drug-likeness (QED) is 0.746. The van der Waals surface area contributed by atoms with E-state index in [4.69, 9.17) is 0 Å². The highest BCUT2D eigenvalue weighted by atomic mass is 32.2. The van der Waals surface area contributed by atoms with Gasteiger partial charge < -0.3 is 4.90 Å². The number of benzene rings is 1. The maximum Gasteiger partial charge on any atom is 0.254 e. The van der Waals surface area contributed by atoms with E-state index in [9.17, 15) is 4.79 Å². The third-order valence-electron chi connectivity index (χ3n) is 2.86. The van der Waals surface area contributed by atoms with Gasteiger partial charge >= 0.3 is 0 Å². The van der Waals surface area contributed by atoms with Crippen LogP contribution < -0.4 is 0 Å². The molecule has 0 bridgehead atoms. The van der Waals surface area contributed by atoms with Gasteiger partial charge in [-0.05, 0) is 32.9 Å². The maximum atomic E-state index is 12.3. The molecule has 1 saturated heterocycles. The van der Waals surface area contributed by atoms with Crippen molar-refractivity contribution in [1.82, 2.24) is 4.90 Å². The summed E-state index contributed by atoms with van der Waals surface area (Å²) in [7, 11) is 0. The Morgan fingerprint density at radius 1 is 1.31 bits per heavy atom. The lowest BCUT2D eigenvalue weighted by molar-refractivity contribution is 0.0768. The van der Waals surface area contributed by atoms with E-state index < -0.39 is 0 Å². The van der Waals surface area contributed by atoms with E-state index in [-0.39, 0.29) is 5.91 Å². The lowest BCUT2D eigenvalue weighted by atomic mass is 10.1. The van der Waals surface area contributed by atoms with Crippen molar-refractivity contribution in [2.45, 2.75) is 26.1 Å². The first-order chi connectivity index (χ1) is 7.58. The number of hydrogen-bond acceptors (Lipinski definition) is 2. The van der Waals surface area contributed by atoms with Gasteiger partial charge in [0.25, 0.3) is 5.91 Å². The Kier molecular flexibility index (Phi) is 3.24. The summed E-state index contributed by atoms with van der Waals surface area (Å²) in [5, 5.41) is 0.313. The number of nitrogens with zero attached hydrogens (tertiary/aromatic N) is 1. The summed E-state index contributed by atoms with van der Waals surface area (Å²) in [6.07, 6.45) is 0. The fourth-order valence-corrected chi connectivity index (χ4v) is 3.15. The molecule has 1 atom stereocenters. The highest BCUT2D eigenvalue weighted by Crippen LogP contribution is 2.25. The first kappa shape index (κ1) is 11.5. The van der Waals surface area contributed by atoms with Crippen molar-refractivity contribution in [3.8, 4) is 0 Å². The molecule has 86 valence electrons. The van der Waals surface area contributed by atoms with E-state index in [1.54, 1.807) is 0 Å². The SMILES string of the molecule is Cc1cc(C)cc(C(=O)N2CCSC2C)c1. The van der Waals surface area contributed by atoms with Crippen molar-refractivity contribution in [3.63, 3.8) is 0 Å². The number of thioether (sulfide) groups is 1. The minimum absolute atomic E-state index is 0.171. The molecule has 16 heavy (non-hydrogen) atoms. The van der Waals surface area contributed by atoms with Crippen LogP contribution in [0.5, 0.6) is 0 Å². The number of hydrogen-bond donors (Lipinski definition) is 0. The first-order valence-electron chi connectivity index (χ1n) is 5.59. The molecular weight excluding hydrogens is 218 g/mol. The van der Waals surface area contributed by atoms with E-state index in [2.05, 4.69) is 13.0 Å². The summed E-state index contributed by atoms with van der Waals surface area (Å²) in [5.41, 5.74) is 3.14. The Bertz CT molecular complexity index is 396. The molecule has 0 N–H and O–H groups in total. The molecule has 1 aliphatic heterocycles. The van der Waals surface area contributed by atoms with Gasteiger partial charge in [-0.1, -0.05) is 17.2 Å². The van der Waals surface area contributed by atoms with E-state index >= 15 is 0 Å². The number of carbonyl (C=O) groups excluding carboxylic acids is 1. The van der Waals surface area contributed by atoms with Crippen LogP contribution in [-0.2, 0) is 0 Å². The average molecular weight is 235 g/mol. The molecule has 0 spiro atoms. The van der Waals surface area contributed by atoms with Crippen molar-refractivity contribution < 1.29 is 4.79 Å². The van der Waals surface area contributed by atoms with Gasteiger partial charge in [-0.15, -0.1) is 11.8 Å². The zero-order valence-electron chi connectivity index (χ0n) is 9.99. The van der Waals surface area contributed by atoms with Crippen molar-refractivity contribution in [3.05, 3.63) is 34.9 Å². The minimum Gasteiger partial charge on any atom is -0.326 e. The molecule has 2 rings (SSSR count). The summed E-state index contributed by atoms with van der Waals surface area (Å²) in [6.45, 7) is 7.04. The van der Waals surface area contributed by atoms with Crippen molar-refractivity contribution in [2.24, 2.45) is 0 Å². The predicted molar refractivity (Wildman–Crippen MR) is 68.9 cm³/mol. The largest absolute Gasteiger partial charge is 0.326 e. The molecule has 1 unspecified atom stereocenters. The number of aryl methyl sites for hydroxylation is 2. The van der Waals surface area contributed by atoms with Crippen LogP contribution in [0.2, 0.25) is 0 Å². The Balaban J connectivity index is 2.26. The van der Waals surface area contributed by atoms with Gasteiger partial charge in [0.15, 0.2) is 0 Å². The predicted octanol–water partition coefficient (Wildman–Crippen LogP) is 2.84. The van der Waals surface area contributed by atoms with Gasteiger partial charge in [-0.3, -0.25) is 4.79 Å². The third-order valence-corrected chi connectivity index (χ3v) is 4.01. The standard InChI is InChI=1S/C13H17NOS/c1-9-6-10(2)8-12(7-9)13(15)14-4-5-16-11(14)3/h6-8,11H,4-5H2,1-3H3. The molecular formula is C13H17NOS. The molecule has 1 heterocycles. The normalized spacial score (nSPS) is 20.2. The Morgan fingerprint density at radius 3 is 2.44 bits per heavy atom. The van der Waals surface area contributed by atoms with Crippen LogP contribution in [0.25, 0.3) is 0 Å². The number of rotatable bonds is 1. The molecule has 2 nitrogen and oxygen atoms in total. The molecule has 1 aliphatic rings. The summed E-state index contributed by atoms with van der Waals surface area (Å²) < 4.78 is 0. The van der Waals surface area contributed by atoms with Crippen LogP contribution in [0.1, 0.15) is 28.4 Å². The highest BCUT2D eigenvalue weighted by Gasteiger charge is 2.26. The summed E-state index contributed by atoms with van der Waals surface area (Å²) >= 11 is 1.84. The Hall–Kier alpha value is -0.960. The van der Waals surface area contributed by atoms with E-state index in [0.717, 1.165) is 29.0 Å². The lowest BCUT2D eigenvalue weighted by Crippen LogP contribution is -2.33. The summed E-state index contributed by atoms with van der Waals surface area (Å²) in [4.78, 5) is 14.2. The van der Waals surface area contributed by atoms with Gasteiger partial charge in [0.2, 0.25) is 0 Å². The second-order valence-electron chi connectivity index (χ2n) is 4.35. The van der Waals surface area contributed by atoms with Crippen LogP contribution in [0.15, 0.2) is 18.2 Å². The van der Waals surface area contributed by atoms with Crippen molar-refractivity contribution in [2.75, 3.05) is 12.3 Å². The van der Waals surface area contributed by atoms with Crippen molar-refractivity contribution >= 4 is 17.7 Å². The van der Waals surface area contributed by atoms with Gasteiger partial charge in [0, 0.05) is 17.9 Å². The maximum absolute atomic E-state index is 12.3. The number of carbonyl (C=O) groups is 1. The molecule has 1 fully saturated rings. The topological polar surface area (TPSA) is 20.3 Å². The van der Waals surface area contributed by atoms with E-state index in [0.29, 0.717) is 5.37 Å². The second kappa shape index (κ2) is 4.50. The summed E-state index contributed by atoms with van der Waals surface area (Å²) in [6, 6.07) is 6.05. The van der Waals surface area contributed by atoms with Crippen molar-refractivity contribution in [1.29, 1.82) is 0 Å². The highest BCUT2D eigenvalue weighted by molar-refractivity contribution is 8.00. The monoisotopic (exact) mass is 235 g/mol. The molecule has 3 heteroatoms. The third kappa shape index (κ3) is 2.24. The van der Waals surface area contributed by atoms with E-state index in [1.165, 1.54) is 0 Å². The van der Waals surface area contributed by atoms with Crippen LogP contribution in [0, 0.1) is 13.8 Å². The lowest BCUT2D eigenvalue weighted by Gasteiger charge is -2.20. The van der Waals surface area contributed by atoms with Gasteiger partial charge in [0.1, 0.15) is 0 Å². The van der Waals surface area contributed by atoms with Crippen LogP contribution in [0.3, 0.4) is 0 Å². The molecule has 0 aliphatic carbocycles. The average Bonchev–Trinajstić information content (AvgIpc) is 2.62. The van der Waals surface area contributed by atoms with Crippen LogP contribution >= 0.6 is 11.8 Å². The molecule has 1 aromatic carbocycles. The zero-order chi connectivity index (χ0) is 11.7. The molecule has 1 amide bonds. The minimum atomic E-state index is 0.171. The van der Waals surface area contributed by atoms with E-state index in [1.807, 2.05) is 42.6 Å². The number of amides is 1. The fourth-order valence-electron chi connectivity index (χ4n) is 2.12. The molecule has 1 aromatic rings. The van der Waals surface area contributed by atoms with Crippen LogP contribution in [-0.4, -0.2) is 28.5 Å². The second-order valence-corrected chi connectivity index (χ2v) is 5.77.